The monoisotopic (exact) mass is 540 g/mol. The number of carbonyl (C=O) groups is 1. The highest BCUT2D eigenvalue weighted by Crippen LogP contribution is 2.40. The van der Waals surface area contributed by atoms with Gasteiger partial charge in [-0.1, -0.05) is 54.1 Å². The highest BCUT2D eigenvalue weighted by atomic mass is 35.5. The fourth-order valence-electron chi connectivity index (χ4n) is 5.26. The summed E-state index contributed by atoms with van der Waals surface area (Å²) in [5, 5.41) is 1.37. The molecule has 1 atom stereocenters. The van der Waals surface area contributed by atoms with Crippen LogP contribution < -0.4 is 9.47 Å². The van der Waals surface area contributed by atoms with Crippen LogP contribution in [0.25, 0.3) is 10.9 Å². The molecule has 196 valence electrons. The lowest BCUT2D eigenvalue weighted by molar-refractivity contribution is 0.0687. The minimum atomic E-state index is -0.597. The fourth-order valence-corrected chi connectivity index (χ4v) is 5.44. The highest BCUT2D eigenvalue weighted by Gasteiger charge is 2.36. The van der Waals surface area contributed by atoms with Crippen molar-refractivity contribution in [3.63, 3.8) is 0 Å². The minimum absolute atomic E-state index is 0.0449. The first-order chi connectivity index (χ1) is 19.0. The molecule has 7 heteroatoms. The number of methoxy groups -OCH3 is 1. The summed E-state index contributed by atoms with van der Waals surface area (Å²) in [5.41, 5.74) is 4.89. The van der Waals surface area contributed by atoms with E-state index < -0.39 is 17.8 Å². The first-order valence-corrected chi connectivity index (χ1v) is 13.1. The molecule has 1 aliphatic heterocycles. The van der Waals surface area contributed by atoms with Crippen molar-refractivity contribution >= 4 is 28.4 Å². The standard InChI is InChI=1S/C32H26ClFN2O3/c1-38-24-12-14-29-26(18-24)25-15-16-36(32(37)27-17-22(33)9-13-28(27)34)31(30(25)35-29)21-7-10-23(11-8-21)39-19-20-5-3-2-4-6-20/h2-14,17-18,31,35H,15-16,19H2,1H3/t31-/m1/s1. The zero-order chi connectivity index (χ0) is 26.9. The van der Waals surface area contributed by atoms with E-state index in [1.54, 1.807) is 12.0 Å². The molecular formula is C32H26ClFN2O3. The lowest BCUT2D eigenvalue weighted by Gasteiger charge is -2.36. The maximum absolute atomic E-state index is 14.8. The van der Waals surface area contributed by atoms with Gasteiger partial charge in [-0.25, -0.2) is 4.39 Å². The maximum Gasteiger partial charge on any atom is 0.257 e. The molecule has 1 aromatic heterocycles. The van der Waals surface area contributed by atoms with Gasteiger partial charge in [-0.15, -0.1) is 0 Å². The predicted molar refractivity (Wildman–Crippen MR) is 150 cm³/mol. The van der Waals surface area contributed by atoms with Gasteiger partial charge in [-0.2, -0.15) is 0 Å². The summed E-state index contributed by atoms with van der Waals surface area (Å²) in [7, 11) is 1.64. The number of nitrogens with one attached hydrogen (secondary N) is 1. The van der Waals surface area contributed by atoms with E-state index in [1.807, 2.05) is 72.8 Å². The Labute approximate surface area is 230 Å². The third-order valence-corrected chi connectivity index (χ3v) is 7.43. The van der Waals surface area contributed by atoms with Crippen LogP contribution in [-0.4, -0.2) is 29.4 Å². The third-order valence-electron chi connectivity index (χ3n) is 7.20. The summed E-state index contributed by atoms with van der Waals surface area (Å²) >= 11 is 6.14. The maximum atomic E-state index is 14.8. The first kappa shape index (κ1) is 25.0. The molecule has 0 aliphatic carbocycles. The summed E-state index contributed by atoms with van der Waals surface area (Å²) in [6.07, 6.45) is 0.616. The van der Waals surface area contributed by atoms with E-state index in [1.165, 1.54) is 18.2 Å². The average molecular weight is 541 g/mol. The number of hydrogen-bond donors (Lipinski definition) is 1. The van der Waals surface area contributed by atoms with E-state index in [4.69, 9.17) is 21.1 Å². The van der Waals surface area contributed by atoms with Crippen molar-refractivity contribution in [3.05, 3.63) is 130 Å². The molecule has 0 radical (unpaired) electrons. The number of aromatic nitrogens is 1. The van der Waals surface area contributed by atoms with E-state index in [9.17, 15) is 9.18 Å². The Morgan fingerprint density at radius 3 is 2.54 bits per heavy atom. The second-order valence-corrected chi connectivity index (χ2v) is 9.98. The Kier molecular flexibility index (Phi) is 6.71. The topological polar surface area (TPSA) is 54.6 Å². The number of halogens is 2. The summed E-state index contributed by atoms with van der Waals surface area (Å²) in [6.45, 7) is 0.870. The lowest BCUT2D eigenvalue weighted by Crippen LogP contribution is -2.41. The normalized spacial score (nSPS) is 14.7. The quantitative estimate of drug-likeness (QED) is 0.245. The van der Waals surface area contributed by atoms with Crippen molar-refractivity contribution in [3.8, 4) is 11.5 Å². The molecule has 0 fully saturated rings. The average Bonchev–Trinajstić information content (AvgIpc) is 3.35. The van der Waals surface area contributed by atoms with Gasteiger partial charge in [0.05, 0.1) is 18.7 Å². The molecule has 0 saturated heterocycles. The summed E-state index contributed by atoms with van der Waals surface area (Å²) in [6, 6.07) is 27.2. The van der Waals surface area contributed by atoms with Crippen LogP contribution in [0.3, 0.4) is 0 Å². The predicted octanol–water partition coefficient (Wildman–Crippen LogP) is 7.34. The van der Waals surface area contributed by atoms with Crippen molar-refractivity contribution in [1.82, 2.24) is 9.88 Å². The van der Waals surface area contributed by atoms with Crippen molar-refractivity contribution in [2.24, 2.45) is 0 Å². The SMILES string of the molecule is COc1ccc2[nH]c3c(c2c1)CCN(C(=O)c1cc(Cl)ccc1F)[C@@H]3c1ccc(OCc2ccccc2)cc1. The molecule has 6 rings (SSSR count). The number of H-pyrrole nitrogens is 1. The van der Waals surface area contributed by atoms with Crippen LogP contribution in [0.1, 0.15) is 38.8 Å². The molecule has 2 heterocycles. The van der Waals surface area contributed by atoms with Crippen LogP contribution in [0.2, 0.25) is 5.02 Å². The van der Waals surface area contributed by atoms with Gasteiger partial charge < -0.3 is 19.4 Å². The van der Waals surface area contributed by atoms with Gasteiger partial charge in [0.15, 0.2) is 0 Å². The molecule has 1 N–H and O–H groups in total. The zero-order valence-corrected chi connectivity index (χ0v) is 22.0. The van der Waals surface area contributed by atoms with E-state index in [0.29, 0.717) is 24.6 Å². The Morgan fingerprint density at radius 1 is 1.00 bits per heavy atom. The van der Waals surface area contributed by atoms with E-state index in [2.05, 4.69) is 4.98 Å². The second kappa shape index (κ2) is 10.5. The number of fused-ring (bicyclic) bond motifs is 3. The number of benzene rings is 4. The summed E-state index contributed by atoms with van der Waals surface area (Å²) in [5.74, 6) is 0.477. The number of hydrogen-bond acceptors (Lipinski definition) is 3. The summed E-state index contributed by atoms with van der Waals surface area (Å²) in [4.78, 5) is 19.0. The number of ether oxygens (including phenoxy) is 2. The van der Waals surface area contributed by atoms with Gasteiger partial charge in [-0.05, 0) is 71.6 Å². The van der Waals surface area contributed by atoms with Gasteiger partial charge in [0.25, 0.3) is 5.91 Å². The molecule has 5 aromatic rings. The molecule has 5 nitrogen and oxygen atoms in total. The van der Waals surface area contributed by atoms with Crippen LogP contribution in [0.5, 0.6) is 11.5 Å². The van der Waals surface area contributed by atoms with Crippen LogP contribution >= 0.6 is 11.6 Å². The van der Waals surface area contributed by atoms with Gasteiger partial charge in [0, 0.05) is 28.2 Å². The van der Waals surface area contributed by atoms with E-state index >= 15 is 0 Å². The lowest BCUT2D eigenvalue weighted by atomic mass is 9.91. The number of nitrogens with zero attached hydrogens (tertiary/aromatic N) is 1. The van der Waals surface area contributed by atoms with Gasteiger partial charge >= 0.3 is 0 Å². The van der Waals surface area contributed by atoms with Crippen molar-refractivity contribution in [2.45, 2.75) is 19.1 Å². The smallest absolute Gasteiger partial charge is 0.257 e. The highest BCUT2D eigenvalue weighted by molar-refractivity contribution is 6.31. The van der Waals surface area contributed by atoms with E-state index in [0.717, 1.165) is 44.8 Å². The Hall–Kier alpha value is -4.29. The Balaban J connectivity index is 1.39. The van der Waals surface area contributed by atoms with Gasteiger partial charge in [0.2, 0.25) is 0 Å². The molecule has 1 amide bonds. The Bertz CT molecular complexity index is 1650. The minimum Gasteiger partial charge on any atom is -0.497 e. The van der Waals surface area contributed by atoms with Crippen LogP contribution in [0.15, 0.2) is 91.0 Å². The van der Waals surface area contributed by atoms with Crippen LogP contribution in [0, 0.1) is 5.82 Å². The number of amides is 1. The van der Waals surface area contributed by atoms with Crippen LogP contribution in [-0.2, 0) is 13.0 Å². The zero-order valence-electron chi connectivity index (χ0n) is 21.3. The number of aromatic amines is 1. The fraction of sp³-hybridized carbons (Fsp3) is 0.156. The molecule has 4 aromatic carbocycles. The first-order valence-electron chi connectivity index (χ1n) is 12.7. The molecule has 0 spiro atoms. The molecule has 0 saturated carbocycles. The van der Waals surface area contributed by atoms with Crippen LogP contribution in [0.4, 0.5) is 4.39 Å². The van der Waals surface area contributed by atoms with Gasteiger partial charge in [-0.3, -0.25) is 4.79 Å². The van der Waals surface area contributed by atoms with Gasteiger partial charge in [0.1, 0.15) is 23.9 Å². The molecule has 1 aliphatic rings. The third kappa shape index (κ3) is 4.84. The van der Waals surface area contributed by atoms with Crippen molar-refractivity contribution < 1.29 is 18.7 Å². The Morgan fingerprint density at radius 2 is 1.77 bits per heavy atom. The summed E-state index contributed by atoms with van der Waals surface area (Å²) < 4.78 is 26.2. The molecule has 0 bridgehead atoms. The number of rotatable bonds is 6. The van der Waals surface area contributed by atoms with E-state index in [-0.39, 0.29) is 5.56 Å². The molecule has 0 unspecified atom stereocenters. The molecular weight excluding hydrogens is 515 g/mol. The van der Waals surface area contributed by atoms with Crippen molar-refractivity contribution in [1.29, 1.82) is 0 Å². The number of carbonyl (C=O) groups excluding carboxylic acids is 1. The molecule has 39 heavy (non-hydrogen) atoms. The van der Waals surface area contributed by atoms with Crippen molar-refractivity contribution in [2.75, 3.05) is 13.7 Å². The largest absolute Gasteiger partial charge is 0.497 e. The second-order valence-electron chi connectivity index (χ2n) is 9.55.